The summed E-state index contributed by atoms with van der Waals surface area (Å²) in [6.45, 7) is 21.5. The molecule has 2 spiro atoms. The summed E-state index contributed by atoms with van der Waals surface area (Å²) in [6, 6.07) is 5.79. The first-order chi connectivity index (χ1) is 42.5. The number of likely N-dealkylation sites (tertiary alicyclic amines) is 2. The van der Waals surface area contributed by atoms with E-state index in [1.54, 1.807) is 55.4 Å². The number of aliphatic carboxylic acids is 1. The molecule has 0 radical (unpaired) electrons. The van der Waals surface area contributed by atoms with Gasteiger partial charge in [0.25, 0.3) is 0 Å². The van der Waals surface area contributed by atoms with Crippen LogP contribution >= 0.6 is 0 Å². The number of rotatable bonds is 22. The molecule has 2 aromatic carbocycles. The van der Waals surface area contributed by atoms with Crippen LogP contribution < -0.4 is 37.8 Å². The first-order valence-corrected chi connectivity index (χ1v) is 30.9. The van der Waals surface area contributed by atoms with E-state index in [4.69, 9.17) is 23.7 Å². The normalized spacial score (nSPS) is 19.9. The number of amides is 2. The fourth-order valence-electron chi connectivity index (χ4n) is 12.7. The number of fused-ring (bicyclic) bond motifs is 6. The Morgan fingerprint density at radius 2 is 1.03 bits per heavy atom. The van der Waals surface area contributed by atoms with E-state index in [0.29, 0.717) is 107 Å². The predicted molar refractivity (Wildman–Crippen MR) is 326 cm³/mol. The summed E-state index contributed by atoms with van der Waals surface area (Å²) in [5.74, 6) is -5.04. The van der Waals surface area contributed by atoms with Gasteiger partial charge in [-0.1, -0.05) is 37.8 Å². The third-order valence-corrected chi connectivity index (χ3v) is 16.5. The van der Waals surface area contributed by atoms with Crippen LogP contribution in [0.1, 0.15) is 167 Å². The summed E-state index contributed by atoms with van der Waals surface area (Å²) in [6.07, 6.45) is 2.68. The zero-order valence-corrected chi connectivity index (χ0v) is 54.7. The summed E-state index contributed by atoms with van der Waals surface area (Å²) >= 11 is 0. The number of hydrogen-bond acceptors (Lipinski definition) is 16. The summed E-state index contributed by atoms with van der Waals surface area (Å²) in [7, 11) is 1.26. The molecule has 2 fully saturated rings. The van der Waals surface area contributed by atoms with Crippen molar-refractivity contribution in [1.82, 2.24) is 19.8 Å². The van der Waals surface area contributed by atoms with Crippen LogP contribution in [0.2, 0.25) is 0 Å². The molecule has 26 heteroatoms. The Morgan fingerprint density at radius 1 is 0.645 bits per heavy atom. The summed E-state index contributed by atoms with van der Waals surface area (Å²) in [5, 5.41) is 11.1. The van der Waals surface area contributed by atoms with Gasteiger partial charge >= 0.3 is 55.5 Å². The molecular formula is C67H85F6LiN4O15. The molecule has 506 valence electrons. The monoisotopic (exact) mass is 1310 g/mol. The number of aryl methyl sites for hydroxylation is 4. The van der Waals surface area contributed by atoms with E-state index in [2.05, 4.69) is 32.6 Å². The Balaban J connectivity index is 0.000000330. The number of benzene rings is 2. The van der Waals surface area contributed by atoms with Crippen molar-refractivity contribution in [2.75, 3.05) is 20.2 Å². The fourth-order valence-corrected chi connectivity index (χ4v) is 12.7. The molecule has 4 aliphatic heterocycles. The number of allylic oxidation sites excluding steroid dienone is 2. The number of carbonyl (C=O) groups is 6. The number of carbonyl (C=O) groups excluding carboxylic acids is 5. The Kier molecular flexibility index (Phi) is 25.9. The van der Waals surface area contributed by atoms with Gasteiger partial charge in [-0.05, 0) is 156 Å². The zero-order chi connectivity index (χ0) is 67.0. The van der Waals surface area contributed by atoms with Crippen LogP contribution in [0.25, 0.3) is 21.8 Å². The maximum absolute atomic E-state index is 14.2. The molecule has 0 aliphatic carbocycles. The van der Waals surface area contributed by atoms with Gasteiger partial charge in [0.05, 0.1) is 55.5 Å². The van der Waals surface area contributed by atoms with Crippen LogP contribution in [0.5, 0.6) is 23.0 Å². The number of ether oxygens (including phenoxy) is 7. The number of halogens is 6. The Hall–Kier alpha value is -7.10. The Labute approximate surface area is 550 Å². The molecule has 2 amide bonds. The van der Waals surface area contributed by atoms with Crippen LogP contribution in [-0.2, 0) is 55.8 Å². The molecule has 0 bridgehead atoms. The van der Waals surface area contributed by atoms with Crippen molar-refractivity contribution in [1.29, 1.82) is 0 Å². The Bertz CT molecular complexity index is 3370. The van der Waals surface area contributed by atoms with Crippen molar-refractivity contribution >= 4 is 57.5 Å². The number of methoxy groups -OCH3 is 1. The first-order valence-electron chi connectivity index (χ1n) is 30.9. The van der Waals surface area contributed by atoms with Crippen LogP contribution in [0.15, 0.2) is 61.7 Å². The SMILES string of the molecule is C=CCCCCC[C@H](CC(=O)OC(C)(C)C)C(=O)N1C[C@@]2(CCc3c(c(C)nc4ccc(OC(F)(F)F)cc34)O2)C[C@H]1C(=O)O.C=CCCCCC[C@H](CC(=O)OC(C)(C)C)C(=O)N1C[C@@]2(CCc3c(c(C)nc4ccc(OC(F)(F)F)cc34)O2)C[C@H]1C(=O)OC.[Li+].[OH-]. The molecule has 6 atom stereocenters. The predicted octanol–water partition coefficient (Wildman–Crippen LogP) is 10.3. The number of unbranched alkanes of at least 4 members (excludes halogenated alkanes) is 6. The van der Waals surface area contributed by atoms with Gasteiger partial charge in [-0.15, -0.1) is 39.5 Å². The van der Waals surface area contributed by atoms with Crippen molar-refractivity contribution in [3.8, 4) is 23.0 Å². The number of esters is 3. The van der Waals surface area contributed by atoms with E-state index < -0.39 is 88.8 Å². The van der Waals surface area contributed by atoms with Gasteiger partial charge in [0.1, 0.15) is 57.5 Å². The number of nitrogens with zero attached hydrogens (tertiary/aromatic N) is 4. The Morgan fingerprint density at radius 3 is 1.39 bits per heavy atom. The topological polar surface area (TPSA) is 250 Å². The smallest absolute Gasteiger partial charge is 0.870 e. The first kappa shape index (κ1) is 76.6. The number of carboxylic acid groups (broad SMARTS) is 1. The largest absolute Gasteiger partial charge is 1.00 e. The molecule has 8 rings (SSSR count). The molecule has 4 aliphatic rings. The molecule has 19 nitrogen and oxygen atoms in total. The van der Waals surface area contributed by atoms with Crippen molar-refractivity contribution in [3.05, 3.63) is 84.2 Å². The second kappa shape index (κ2) is 31.4. The van der Waals surface area contributed by atoms with Crippen molar-refractivity contribution < 1.29 is 118 Å². The molecule has 6 heterocycles. The van der Waals surface area contributed by atoms with Crippen LogP contribution in [-0.4, -0.2) is 133 Å². The molecule has 4 aromatic rings. The molecule has 2 N–H and O–H groups in total. The van der Waals surface area contributed by atoms with Gasteiger partial charge < -0.3 is 53.5 Å². The van der Waals surface area contributed by atoms with Gasteiger partial charge in [-0.3, -0.25) is 19.2 Å². The minimum absolute atomic E-state index is 0. The molecule has 2 aromatic heterocycles. The third-order valence-electron chi connectivity index (χ3n) is 16.5. The van der Waals surface area contributed by atoms with Crippen LogP contribution in [0.4, 0.5) is 26.3 Å². The maximum atomic E-state index is 14.2. The van der Waals surface area contributed by atoms with Gasteiger partial charge in [0.15, 0.2) is 0 Å². The van der Waals surface area contributed by atoms with Gasteiger partial charge in [-0.25, -0.2) is 19.6 Å². The van der Waals surface area contributed by atoms with E-state index in [1.165, 1.54) is 53.3 Å². The van der Waals surface area contributed by atoms with Gasteiger partial charge in [0.2, 0.25) is 11.8 Å². The van der Waals surface area contributed by atoms with E-state index in [-0.39, 0.29) is 80.5 Å². The number of pyridine rings is 2. The van der Waals surface area contributed by atoms with Gasteiger partial charge in [0, 0.05) is 46.6 Å². The standard InChI is InChI=1S/C34H43F3N2O7.C33H41F3N2O7.Li.H2O/c1-7-8-9-10-11-12-22(17-28(40)45-32(3,4)5)30(41)39-20-33(19-27(39)31(42)43-6)16-15-24-25-18-23(44-34(35,36)37)13-14-26(25)38-21(2)29(24)46-33;1-6-7-8-9-10-11-21(16-27(39)44-31(3,4)5)29(40)38-19-32(18-26(38)30(41)42)15-14-23-24-17-22(43-33(34,35)36)12-13-25(24)37-20(2)28(23)45-32;;/h7,13-14,18,22,27H,1,8-12,15-17,19-20H2,2-6H3;6,12-13,17,21,26H,1,7-11,14-16,18-19H2,2-5H3,(H,41,42);;1H2/q;;+1;/p-1/t22-,27+,33-;21-,26+,32-;;/m11../s1. The van der Waals surface area contributed by atoms with Crippen LogP contribution in [0.3, 0.4) is 0 Å². The molecule has 93 heavy (non-hydrogen) atoms. The average molecular weight is 1310 g/mol. The fraction of sp³-hybridized carbons (Fsp3) is 0.582. The number of aromatic nitrogens is 2. The second-order valence-electron chi connectivity index (χ2n) is 26.1. The minimum Gasteiger partial charge on any atom is -0.870 e. The summed E-state index contributed by atoms with van der Waals surface area (Å²) < 4.78 is 115. The number of alkyl halides is 6. The molecule has 2 saturated heterocycles. The third kappa shape index (κ3) is 20.5. The second-order valence-corrected chi connectivity index (χ2v) is 26.1. The molecule has 0 saturated carbocycles. The number of carboxylic acids is 1. The molecule has 0 unspecified atom stereocenters. The average Bonchev–Trinajstić information content (AvgIpc) is 1.69. The van der Waals surface area contributed by atoms with E-state index in [9.17, 15) is 60.2 Å². The van der Waals surface area contributed by atoms with Gasteiger partial charge in [-0.2, -0.15) is 0 Å². The van der Waals surface area contributed by atoms with E-state index in [1.807, 2.05) is 12.2 Å². The van der Waals surface area contributed by atoms with Crippen molar-refractivity contribution in [3.63, 3.8) is 0 Å². The molecular weight excluding hydrogens is 1220 g/mol. The van der Waals surface area contributed by atoms with Crippen molar-refractivity contribution in [2.45, 2.75) is 218 Å². The quantitative estimate of drug-likeness (QED) is 0.0192. The number of hydrogen-bond donors (Lipinski definition) is 1. The summed E-state index contributed by atoms with van der Waals surface area (Å²) in [4.78, 5) is 91.3. The van der Waals surface area contributed by atoms with Crippen molar-refractivity contribution in [2.24, 2.45) is 11.8 Å². The zero-order valence-electron chi connectivity index (χ0n) is 54.7. The minimum atomic E-state index is -4.86. The van der Waals surface area contributed by atoms with E-state index >= 15 is 0 Å². The van der Waals surface area contributed by atoms with Crippen LogP contribution in [0, 0.1) is 25.7 Å². The summed E-state index contributed by atoms with van der Waals surface area (Å²) in [5.41, 5.74) is -0.141. The van der Waals surface area contributed by atoms with E-state index in [0.717, 1.165) is 38.5 Å². The maximum Gasteiger partial charge on any atom is 1.00 e.